The molecular weight excluding hydrogens is 845 g/mol. The molecule has 0 aliphatic heterocycles. The summed E-state index contributed by atoms with van der Waals surface area (Å²) in [5, 5.41) is 4.90. The highest BCUT2D eigenvalue weighted by Crippen LogP contribution is 2.38. The molecule has 0 fully saturated rings. The summed E-state index contributed by atoms with van der Waals surface area (Å²) in [5.74, 6) is 0. The highest BCUT2D eigenvalue weighted by molar-refractivity contribution is 5.90. The van der Waals surface area contributed by atoms with Crippen molar-refractivity contribution in [2.24, 2.45) is 0 Å². The normalized spacial score (nSPS) is 11.4. The monoisotopic (exact) mass is 894 g/mol. The van der Waals surface area contributed by atoms with Crippen molar-refractivity contribution in [3.05, 3.63) is 298 Å². The smallest absolute Gasteiger partial charge is 0.0468 e. The first-order valence-corrected chi connectivity index (χ1v) is 23.8. The molecule has 0 saturated carbocycles. The van der Waals surface area contributed by atoms with Gasteiger partial charge >= 0.3 is 0 Å². The Morgan fingerprint density at radius 3 is 0.971 bits per heavy atom. The van der Waals surface area contributed by atoms with E-state index in [1.54, 1.807) is 6.08 Å². The van der Waals surface area contributed by atoms with Gasteiger partial charge in [-0.3, -0.25) is 0 Å². The van der Waals surface area contributed by atoms with Gasteiger partial charge in [-0.15, -0.1) is 0 Å². The molecule has 70 heavy (non-hydrogen) atoms. The van der Waals surface area contributed by atoms with Crippen LogP contribution in [0, 0.1) is 0 Å². The molecule has 0 radical (unpaired) electrons. The Morgan fingerprint density at radius 2 is 0.557 bits per heavy atom. The van der Waals surface area contributed by atoms with E-state index in [4.69, 9.17) is 0 Å². The van der Waals surface area contributed by atoms with Crippen molar-refractivity contribution in [2.45, 2.75) is 0 Å². The summed E-state index contributed by atoms with van der Waals surface area (Å²) in [6, 6.07) is 94.1. The minimum atomic E-state index is 1.09. The summed E-state index contributed by atoms with van der Waals surface area (Å²) in [5.41, 5.74) is 17.5. The summed E-state index contributed by atoms with van der Waals surface area (Å²) in [4.78, 5) is 4.54. The lowest BCUT2D eigenvalue weighted by Gasteiger charge is -2.26. The molecule has 0 N–H and O–H groups in total. The number of hydrogen-bond acceptors (Lipinski definition) is 2. The van der Waals surface area contributed by atoms with E-state index in [2.05, 4.69) is 283 Å². The Labute approximate surface area is 411 Å². The zero-order valence-corrected chi connectivity index (χ0v) is 38.8. The van der Waals surface area contributed by atoms with E-state index in [0.29, 0.717) is 0 Å². The maximum atomic E-state index is 3.80. The zero-order chi connectivity index (χ0) is 47.1. The van der Waals surface area contributed by atoms with E-state index in [9.17, 15) is 0 Å². The van der Waals surface area contributed by atoms with Crippen LogP contribution < -0.4 is 9.80 Å². The van der Waals surface area contributed by atoms with E-state index in [1.807, 2.05) is 18.2 Å². The standard InChI is InChI=1S/C68H50N2/c1-2-3-4-12-47-69(67-45-39-50-13-8-10-15-62(50)48-67)64-41-35-60(36-42-64)58-31-27-56(28-32-58)54-23-19-52(20-24-54)53-21-25-55(26-22-53)57-29-33-59(34-30-57)61-37-43-66(44-38-61)70(65-17-6-5-7-18-65)68-46-40-51-14-9-11-16-63(51)49-68/h2-49H,1H2/b4-3-,47-12+. The molecule has 0 amide bonds. The van der Waals surface area contributed by atoms with Gasteiger partial charge in [0.25, 0.3) is 0 Å². The van der Waals surface area contributed by atoms with E-state index >= 15 is 0 Å². The van der Waals surface area contributed by atoms with Crippen LogP contribution in [0.2, 0.25) is 0 Å². The average molecular weight is 895 g/mol. The molecule has 0 aliphatic carbocycles. The van der Waals surface area contributed by atoms with Gasteiger partial charge in [-0.05, 0) is 144 Å². The summed E-state index contributed by atoms with van der Waals surface area (Å²) < 4.78 is 0. The predicted octanol–water partition coefficient (Wildman–Crippen LogP) is 19.2. The summed E-state index contributed by atoms with van der Waals surface area (Å²) in [6.07, 6.45) is 9.86. The Bertz CT molecular complexity index is 3610. The van der Waals surface area contributed by atoms with Crippen molar-refractivity contribution < 1.29 is 0 Å². The number of rotatable bonds is 13. The number of hydrogen-bond donors (Lipinski definition) is 0. The third-order valence-electron chi connectivity index (χ3n) is 13.1. The topological polar surface area (TPSA) is 6.48 Å². The fraction of sp³-hybridized carbons (Fsp3) is 0. The maximum absolute atomic E-state index is 3.80. The van der Waals surface area contributed by atoms with Crippen LogP contribution in [0.4, 0.5) is 28.4 Å². The molecule has 0 atom stereocenters. The van der Waals surface area contributed by atoms with Crippen LogP contribution >= 0.6 is 0 Å². The van der Waals surface area contributed by atoms with Gasteiger partial charge in [-0.25, -0.2) is 0 Å². The van der Waals surface area contributed by atoms with Crippen molar-refractivity contribution in [1.29, 1.82) is 0 Å². The SMILES string of the molecule is C=C/C=C\C=C\N(c1ccc(-c2ccc(-c3ccc(-c4ccc(-c5ccc(-c6ccc(N(c7ccccc7)c7ccc8ccccc8c7)cc6)cc5)cc4)cc3)cc2)cc1)c1ccc2ccccc2c1. The number of nitrogens with zero attached hydrogens (tertiary/aromatic N) is 2. The summed E-state index contributed by atoms with van der Waals surface area (Å²) in [6.45, 7) is 3.80. The molecule has 2 heteroatoms. The molecule has 11 aromatic rings. The number of anilines is 5. The van der Waals surface area contributed by atoms with Crippen LogP contribution in [0.3, 0.4) is 0 Å². The second-order valence-electron chi connectivity index (χ2n) is 17.5. The van der Waals surface area contributed by atoms with Crippen LogP contribution in [0.5, 0.6) is 0 Å². The van der Waals surface area contributed by atoms with Crippen molar-refractivity contribution in [3.63, 3.8) is 0 Å². The molecule has 0 heterocycles. The highest BCUT2D eigenvalue weighted by Gasteiger charge is 2.14. The highest BCUT2D eigenvalue weighted by atomic mass is 15.1. The molecule has 11 rings (SSSR count). The Morgan fingerprint density at radius 1 is 0.243 bits per heavy atom. The van der Waals surface area contributed by atoms with Gasteiger partial charge < -0.3 is 9.80 Å². The van der Waals surface area contributed by atoms with Crippen LogP contribution in [0.1, 0.15) is 0 Å². The average Bonchev–Trinajstić information content (AvgIpc) is 3.44. The van der Waals surface area contributed by atoms with Gasteiger partial charge in [0, 0.05) is 34.6 Å². The molecule has 0 aromatic heterocycles. The van der Waals surface area contributed by atoms with Crippen LogP contribution in [0.25, 0.3) is 77.2 Å². The van der Waals surface area contributed by atoms with Crippen LogP contribution in [-0.4, -0.2) is 0 Å². The summed E-state index contributed by atoms with van der Waals surface area (Å²) >= 11 is 0. The first-order valence-electron chi connectivity index (χ1n) is 23.8. The third kappa shape index (κ3) is 9.35. The quantitative estimate of drug-likeness (QED) is 0.106. The lowest BCUT2D eigenvalue weighted by molar-refractivity contribution is 1.29. The van der Waals surface area contributed by atoms with Gasteiger partial charge in [0.05, 0.1) is 0 Å². The first kappa shape index (κ1) is 43.3. The first-order chi connectivity index (χ1) is 34.6. The second kappa shape index (κ2) is 19.9. The molecule has 0 unspecified atom stereocenters. The summed E-state index contributed by atoms with van der Waals surface area (Å²) in [7, 11) is 0. The van der Waals surface area contributed by atoms with Gasteiger partial charge in [0.2, 0.25) is 0 Å². The number of para-hydroxylation sites is 1. The molecule has 0 spiro atoms. The minimum absolute atomic E-state index is 1.09. The predicted molar refractivity (Wildman–Crippen MR) is 300 cm³/mol. The largest absolute Gasteiger partial charge is 0.317 e. The van der Waals surface area contributed by atoms with Gasteiger partial charge in [0.1, 0.15) is 0 Å². The lowest BCUT2D eigenvalue weighted by atomic mass is 9.96. The van der Waals surface area contributed by atoms with Crippen molar-refractivity contribution in [1.82, 2.24) is 0 Å². The Balaban J connectivity index is 0.744. The molecule has 0 bridgehead atoms. The van der Waals surface area contributed by atoms with Gasteiger partial charge in [0.15, 0.2) is 0 Å². The second-order valence-corrected chi connectivity index (χ2v) is 17.5. The van der Waals surface area contributed by atoms with Crippen molar-refractivity contribution in [2.75, 3.05) is 9.80 Å². The lowest BCUT2D eigenvalue weighted by Crippen LogP contribution is -2.09. The third-order valence-corrected chi connectivity index (χ3v) is 13.1. The molecule has 11 aromatic carbocycles. The molecule has 0 aliphatic rings. The molecule has 332 valence electrons. The number of allylic oxidation sites excluding steroid dienone is 4. The number of fused-ring (bicyclic) bond motifs is 2. The van der Waals surface area contributed by atoms with Crippen LogP contribution in [-0.2, 0) is 0 Å². The van der Waals surface area contributed by atoms with Gasteiger partial charge in [-0.2, -0.15) is 0 Å². The molecular formula is C68H50N2. The Kier molecular flexibility index (Phi) is 12.3. The van der Waals surface area contributed by atoms with E-state index < -0.39 is 0 Å². The fourth-order valence-corrected chi connectivity index (χ4v) is 9.30. The molecule has 0 saturated heterocycles. The molecule has 2 nitrogen and oxygen atoms in total. The minimum Gasteiger partial charge on any atom is -0.317 e. The van der Waals surface area contributed by atoms with E-state index in [0.717, 1.165) is 28.4 Å². The van der Waals surface area contributed by atoms with Crippen molar-refractivity contribution >= 4 is 50.0 Å². The van der Waals surface area contributed by atoms with E-state index in [1.165, 1.54) is 77.2 Å². The van der Waals surface area contributed by atoms with E-state index in [-0.39, 0.29) is 0 Å². The van der Waals surface area contributed by atoms with Crippen LogP contribution in [0.15, 0.2) is 298 Å². The van der Waals surface area contributed by atoms with Crippen molar-refractivity contribution in [3.8, 4) is 55.6 Å². The fourth-order valence-electron chi connectivity index (χ4n) is 9.30. The van der Waals surface area contributed by atoms with Gasteiger partial charge in [-0.1, -0.05) is 225 Å². The Hall–Kier alpha value is -9.24. The zero-order valence-electron chi connectivity index (χ0n) is 38.8. The maximum Gasteiger partial charge on any atom is 0.0468 e. The number of benzene rings is 11.